The molecule has 1 unspecified atom stereocenters. The number of nitrogens with one attached hydrogen (secondary N) is 2. The first kappa shape index (κ1) is 43.9. The molecule has 2 fully saturated rings. The standard InChI is InChI=1S/C40H39ClF7N7O5S2/c1-38(2,62(59,60)23-6-7-23)12-11-22-5-8-24(25-9-10-28(41)32-34(25)54(3)52-37(32)53-61(4,57)58)33(49-22)29(15-19-13-20(42)16-21(43)14-19)50-30(56)18-55-36-31(35(51-55)40(46,47)48)26-17-27(26)39(36,44)45/h5,8-10,13-14,16,23,26-27,29H,6-7,11-12,15,17-18H2,1-4H3,(H,50,56)(H,52,53)/t26-,27?,29-/m0/s1. The van der Waals surface area contributed by atoms with Crippen molar-refractivity contribution in [3.05, 3.63) is 93.0 Å². The average Bonchev–Trinajstić information content (AvgIpc) is 4.07. The van der Waals surface area contributed by atoms with Crippen LogP contribution in [0.5, 0.6) is 0 Å². The summed E-state index contributed by atoms with van der Waals surface area (Å²) < 4.78 is 157. The first-order chi connectivity index (χ1) is 28.8. The smallest absolute Gasteiger partial charge is 0.346 e. The molecule has 0 radical (unpaired) electrons. The molecule has 1 amide bonds. The molecule has 8 rings (SSSR count). The molecular formula is C40H39ClF7N7O5S2. The van der Waals surface area contributed by atoms with E-state index in [-0.39, 0.29) is 57.8 Å². The van der Waals surface area contributed by atoms with Crippen molar-refractivity contribution in [2.45, 2.75) is 93.0 Å². The van der Waals surface area contributed by atoms with Gasteiger partial charge in [-0.25, -0.2) is 25.6 Å². The lowest BCUT2D eigenvalue weighted by atomic mass is 9.93. The van der Waals surface area contributed by atoms with Gasteiger partial charge in [0.2, 0.25) is 15.9 Å². The Labute approximate surface area is 356 Å². The number of carbonyl (C=O) groups is 1. The van der Waals surface area contributed by atoms with Crippen molar-refractivity contribution in [3.63, 3.8) is 0 Å². The third-order valence-corrected chi connectivity index (χ3v) is 15.7. The van der Waals surface area contributed by atoms with Crippen LogP contribution in [-0.2, 0) is 63.2 Å². The van der Waals surface area contributed by atoms with E-state index in [0.717, 1.165) is 18.4 Å². The maximum absolute atomic E-state index is 15.5. The van der Waals surface area contributed by atoms with Gasteiger partial charge in [-0.05, 0) is 88.1 Å². The van der Waals surface area contributed by atoms with Gasteiger partial charge in [-0.3, -0.25) is 23.9 Å². The number of benzene rings is 2. The summed E-state index contributed by atoms with van der Waals surface area (Å²) in [7, 11) is -5.90. The van der Waals surface area contributed by atoms with Crippen molar-refractivity contribution in [3.8, 4) is 11.1 Å². The Kier molecular flexibility index (Phi) is 10.6. The topological polar surface area (TPSA) is 158 Å². The van der Waals surface area contributed by atoms with Crippen LogP contribution in [0.1, 0.15) is 85.4 Å². The highest BCUT2D eigenvalue weighted by Gasteiger charge is 2.68. The lowest BCUT2D eigenvalue weighted by Crippen LogP contribution is -2.36. The monoisotopic (exact) mass is 929 g/mol. The van der Waals surface area contributed by atoms with E-state index in [0.29, 0.717) is 34.8 Å². The zero-order valence-corrected chi connectivity index (χ0v) is 35.8. The van der Waals surface area contributed by atoms with Gasteiger partial charge >= 0.3 is 6.18 Å². The number of halogens is 8. The van der Waals surface area contributed by atoms with Crippen molar-refractivity contribution in [1.82, 2.24) is 29.9 Å². The number of aryl methyl sites for hydroxylation is 2. The molecule has 3 aliphatic carbocycles. The number of sulfonamides is 1. The molecule has 2 aromatic carbocycles. The zero-order valence-electron chi connectivity index (χ0n) is 33.4. The summed E-state index contributed by atoms with van der Waals surface area (Å²) in [5, 5.41) is 10.2. The normalized spacial score (nSPS) is 19.0. The molecule has 3 aromatic heterocycles. The minimum Gasteiger partial charge on any atom is -0.346 e. The van der Waals surface area contributed by atoms with E-state index in [9.17, 15) is 43.6 Å². The Morgan fingerprint density at radius 3 is 2.29 bits per heavy atom. The SMILES string of the molecule is Cn1nc(NS(C)(=O)=O)c2c(Cl)ccc(-c3ccc(CCC(C)(C)S(=O)(=O)C4CC4)nc3[C@H](Cc3cc(F)cc(F)c3)NC(=O)Cn3nc(C(F)(F)F)c4c3C(F)(F)C3C[C@H]43)c21. The first-order valence-corrected chi connectivity index (χ1v) is 23.3. The van der Waals surface area contributed by atoms with E-state index >= 15 is 8.78 Å². The van der Waals surface area contributed by atoms with Crippen LogP contribution in [0.3, 0.4) is 0 Å². The molecule has 5 aromatic rings. The number of amides is 1. The van der Waals surface area contributed by atoms with Gasteiger partial charge in [0.15, 0.2) is 21.3 Å². The zero-order chi connectivity index (χ0) is 45.1. The van der Waals surface area contributed by atoms with Gasteiger partial charge in [0.1, 0.15) is 23.9 Å². The Morgan fingerprint density at radius 1 is 1.00 bits per heavy atom. The number of hydrogen-bond donors (Lipinski definition) is 2. The Balaban J connectivity index is 1.26. The number of alkyl halides is 5. The minimum absolute atomic E-state index is 0.00463. The number of rotatable bonds is 14. The number of nitrogens with zero attached hydrogens (tertiary/aromatic N) is 5. The fourth-order valence-corrected chi connectivity index (χ4v) is 11.3. The number of aromatic nitrogens is 5. The second-order valence-corrected chi connectivity index (χ2v) is 21.9. The summed E-state index contributed by atoms with van der Waals surface area (Å²) in [6.45, 7) is 2.11. The van der Waals surface area contributed by atoms with E-state index in [2.05, 4.69) is 20.2 Å². The van der Waals surface area contributed by atoms with Gasteiger partial charge in [0.25, 0.3) is 5.92 Å². The Hall–Kier alpha value is -4.76. The lowest BCUT2D eigenvalue weighted by Gasteiger charge is -2.26. The van der Waals surface area contributed by atoms with E-state index in [1.54, 1.807) is 32.0 Å². The van der Waals surface area contributed by atoms with Crippen LogP contribution in [0, 0.1) is 17.6 Å². The van der Waals surface area contributed by atoms with Crippen LogP contribution in [0.15, 0.2) is 42.5 Å². The summed E-state index contributed by atoms with van der Waals surface area (Å²) in [5.74, 6) is -9.30. The maximum Gasteiger partial charge on any atom is 0.435 e. The molecule has 3 aliphatic rings. The molecule has 0 saturated heterocycles. The molecule has 12 nitrogen and oxygen atoms in total. The van der Waals surface area contributed by atoms with Gasteiger partial charge in [0.05, 0.1) is 43.9 Å². The third-order valence-electron chi connectivity index (χ3n) is 11.7. The lowest BCUT2D eigenvalue weighted by molar-refractivity contribution is -0.142. The van der Waals surface area contributed by atoms with Crippen molar-refractivity contribution in [2.75, 3.05) is 11.0 Å². The molecule has 22 heteroatoms. The van der Waals surface area contributed by atoms with Crippen molar-refractivity contribution in [2.24, 2.45) is 13.0 Å². The highest BCUT2D eigenvalue weighted by atomic mass is 35.5. The van der Waals surface area contributed by atoms with Crippen LogP contribution in [-0.4, -0.2) is 63.5 Å². The summed E-state index contributed by atoms with van der Waals surface area (Å²) >= 11 is 6.61. The second kappa shape index (κ2) is 14.9. The first-order valence-electron chi connectivity index (χ1n) is 19.4. The molecule has 0 bridgehead atoms. The molecular weight excluding hydrogens is 891 g/mol. The van der Waals surface area contributed by atoms with Crippen molar-refractivity contribution in [1.29, 1.82) is 0 Å². The summed E-state index contributed by atoms with van der Waals surface area (Å²) in [5.41, 5.74) is -2.01. The number of anilines is 1. The summed E-state index contributed by atoms with van der Waals surface area (Å²) in [6.07, 6.45) is -3.45. The van der Waals surface area contributed by atoms with Gasteiger partial charge in [-0.1, -0.05) is 23.7 Å². The highest BCUT2D eigenvalue weighted by molar-refractivity contribution is 7.93. The van der Waals surface area contributed by atoms with Crippen molar-refractivity contribution >= 4 is 54.1 Å². The fourth-order valence-electron chi connectivity index (χ4n) is 8.54. The van der Waals surface area contributed by atoms with Gasteiger partial charge < -0.3 is 5.32 Å². The fraction of sp³-hybridized carbons (Fsp3) is 0.450. The number of hydrogen-bond acceptors (Lipinski definition) is 8. The Bertz CT molecular complexity index is 2880. The predicted octanol–water partition coefficient (Wildman–Crippen LogP) is 7.75. The van der Waals surface area contributed by atoms with Crippen LogP contribution in [0.25, 0.3) is 22.0 Å². The molecule has 3 heterocycles. The molecule has 0 spiro atoms. The molecule has 62 heavy (non-hydrogen) atoms. The average molecular weight is 930 g/mol. The third kappa shape index (κ3) is 8.03. The molecule has 3 atom stereocenters. The van der Waals surface area contributed by atoms with Crippen LogP contribution in [0.4, 0.5) is 36.6 Å². The van der Waals surface area contributed by atoms with E-state index in [1.165, 1.54) is 17.8 Å². The number of fused-ring (bicyclic) bond motifs is 4. The predicted molar refractivity (Wildman–Crippen MR) is 215 cm³/mol. The summed E-state index contributed by atoms with van der Waals surface area (Å²) in [6, 6.07) is 7.41. The van der Waals surface area contributed by atoms with Gasteiger partial charge in [-0.2, -0.15) is 32.1 Å². The number of sulfone groups is 1. The maximum atomic E-state index is 15.5. The van der Waals surface area contributed by atoms with Crippen LogP contribution < -0.4 is 10.0 Å². The highest BCUT2D eigenvalue weighted by Crippen LogP contribution is 2.68. The van der Waals surface area contributed by atoms with E-state index in [4.69, 9.17) is 16.6 Å². The number of pyridine rings is 1. The van der Waals surface area contributed by atoms with E-state index < -0.39 is 107 Å². The second-order valence-electron chi connectivity index (χ2n) is 16.8. The molecule has 332 valence electrons. The van der Waals surface area contributed by atoms with Gasteiger partial charge in [-0.15, -0.1) is 0 Å². The Morgan fingerprint density at radius 2 is 1.66 bits per heavy atom. The quantitative estimate of drug-likeness (QED) is 0.107. The molecule has 2 saturated carbocycles. The van der Waals surface area contributed by atoms with E-state index in [1.807, 2.05) is 0 Å². The number of carbonyl (C=O) groups excluding carboxylic acids is 1. The largest absolute Gasteiger partial charge is 0.435 e. The summed E-state index contributed by atoms with van der Waals surface area (Å²) in [4.78, 5) is 19.0. The molecule has 2 N–H and O–H groups in total. The van der Waals surface area contributed by atoms with Gasteiger partial charge in [0, 0.05) is 41.4 Å². The molecule has 0 aliphatic heterocycles. The van der Waals surface area contributed by atoms with Crippen LogP contribution >= 0.6 is 11.6 Å². The van der Waals surface area contributed by atoms with Crippen LogP contribution in [0.2, 0.25) is 5.02 Å². The van der Waals surface area contributed by atoms with Crippen molar-refractivity contribution < 1.29 is 52.4 Å². The minimum atomic E-state index is -5.10.